The van der Waals surface area contributed by atoms with Gasteiger partial charge in [0.2, 0.25) is 0 Å². The highest BCUT2D eigenvalue weighted by atomic mass is 16.5. The molecule has 1 aliphatic heterocycles. The van der Waals surface area contributed by atoms with Crippen molar-refractivity contribution in [1.82, 2.24) is 24.0 Å². The Morgan fingerprint density at radius 2 is 2.12 bits per heavy atom. The highest BCUT2D eigenvalue weighted by Crippen LogP contribution is 2.60. The van der Waals surface area contributed by atoms with Crippen LogP contribution in [0.15, 0.2) is 36.5 Å². The summed E-state index contributed by atoms with van der Waals surface area (Å²) in [6.07, 6.45) is 4.20. The number of carbonyl (C=O) groups is 1. The van der Waals surface area contributed by atoms with Crippen molar-refractivity contribution in [3.05, 3.63) is 42.1 Å². The number of aromatic nitrogens is 4. The van der Waals surface area contributed by atoms with Crippen LogP contribution in [-0.4, -0.2) is 61.3 Å². The van der Waals surface area contributed by atoms with E-state index in [1.54, 1.807) is 13.3 Å². The third kappa shape index (κ3) is 2.54. The van der Waals surface area contributed by atoms with Gasteiger partial charge in [-0.3, -0.25) is 4.79 Å². The van der Waals surface area contributed by atoms with Gasteiger partial charge in [0.15, 0.2) is 5.82 Å². The molecule has 174 valence electrons. The molecular weight excluding hydrogens is 430 g/mol. The molecule has 3 aromatic heterocycles. The zero-order chi connectivity index (χ0) is 23.1. The summed E-state index contributed by atoms with van der Waals surface area (Å²) >= 11 is 0. The Morgan fingerprint density at radius 1 is 1.24 bits per heavy atom. The number of methoxy groups -OCH3 is 1. The highest BCUT2D eigenvalue weighted by molar-refractivity contribution is 6.00. The zero-order valence-corrected chi connectivity index (χ0v) is 19.3. The molecule has 4 atom stereocenters. The molecule has 1 N–H and O–H groups in total. The standard InChI is InChI=1S/C26H27N5O3/c1-29-23-18(28-25(29)20-10-14-4-3-5-27-24(14)30(20)6-7-32)9-16(12-21(23)34-2)26(33)31-13-17-8-15-11-19(31)22(15)17/h3-5,9-10,12,15,17,19,22,32H,6-8,11,13H2,1-2H3/t15?,17-,19-,22-/m1/s1. The number of nitrogens with zero attached hydrogens (tertiary/aromatic N) is 5. The summed E-state index contributed by atoms with van der Waals surface area (Å²) in [6.45, 7) is 1.30. The minimum atomic E-state index is -0.000878. The summed E-state index contributed by atoms with van der Waals surface area (Å²) in [7, 11) is 3.59. The highest BCUT2D eigenvalue weighted by Gasteiger charge is 2.61. The Balaban J connectivity index is 1.35. The number of pyridine rings is 1. The van der Waals surface area contributed by atoms with Gasteiger partial charge in [0.05, 0.1) is 24.9 Å². The smallest absolute Gasteiger partial charge is 0.254 e. The van der Waals surface area contributed by atoms with Crippen LogP contribution in [0.4, 0.5) is 0 Å². The van der Waals surface area contributed by atoms with E-state index >= 15 is 0 Å². The molecule has 3 fully saturated rings. The number of rotatable bonds is 5. The van der Waals surface area contributed by atoms with Gasteiger partial charge >= 0.3 is 0 Å². The van der Waals surface area contributed by atoms with Crippen LogP contribution >= 0.6 is 0 Å². The molecule has 0 spiro atoms. The van der Waals surface area contributed by atoms with E-state index in [-0.39, 0.29) is 12.5 Å². The van der Waals surface area contributed by atoms with Gasteiger partial charge in [-0.15, -0.1) is 0 Å². The van der Waals surface area contributed by atoms with Crippen molar-refractivity contribution in [2.75, 3.05) is 20.3 Å². The number of hydrogen-bond donors (Lipinski definition) is 1. The topological polar surface area (TPSA) is 85.4 Å². The minimum Gasteiger partial charge on any atom is -0.494 e. The van der Waals surface area contributed by atoms with Crippen LogP contribution in [0.25, 0.3) is 33.6 Å². The van der Waals surface area contributed by atoms with Crippen molar-refractivity contribution >= 4 is 28.0 Å². The zero-order valence-electron chi connectivity index (χ0n) is 19.3. The first kappa shape index (κ1) is 20.0. The van der Waals surface area contributed by atoms with Gasteiger partial charge in [-0.2, -0.15) is 0 Å². The minimum absolute atomic E-state index is 0.000878. The number of aliphatic hydroxyl groups excluding tert-OH is 1. The van der Waals surface area contributed by atoms with E-state index < -0.39 is 0 Å². The maximum atomic E-state index is 13.5. The molecule has 0 bridgehead atoms. The lowest BCUT2D eigenvalue weighted by Crippen LogP contribution is -2.53. The van der Waals surface area contributed by atoms with Crippen molar-refractivity contribution < 1.29 is 14.6 Å². The molecule has 2 aliphatic carbocycles. The molecule has 3 aliphatic rings. The van der Waals surface area contributed by atoms with Gasteiger partial charge in [0.1, 0.15) is 16.9 Å². The predicted octanol–water partition coefficient (Wildman–Crippen LogP) is 3.07. The molecule has 1 amide bonds. The fourth-order valence-corrected chi connectivity index (χ4v) is 6.78. The molecule has 1 saturated heterocycles. The Hall–Kier alpha value is -3.39. The lowest BCUT2D eigenvalue weighted by Gasteiger charge is -2.52. The van der Waals surface area contributed by atoms with Crippen molar-refractivity contribution in [2.45, 2.75) is 25.4 Å². The van der Waals surface area contributed by atoms with Crippen LogP contribution in [0.5, 0.6) is 5.75 Å². The summed E-state index contributed by atoms with van der Waals surface area (Å²) in [6, 6.07) is 10.1. The SMILES string of the molecule is COc1cc(C(=O)N2C[C@H]3CC4C[C@@H]2[C@H]43)cc2nc(-c3cc4cccnc4n3CCO)n(C)c12. The summed E-state index contributed by atoms with van der Waals surface area (Å²) in [5, 5.41) is 10.7. The Morgan fingerprint density at radius 3 is 2.88 bits per heavy atom. The number of imidazole rings is 1. The largest absolute Gasteiger partial charge is 0.494 e. The number of aliphatic hydroxyl groups is 1. The van der Waals surface area contributed by atoms with E-state index in [4.69, 9.17) is 9.72 Å². The molecule has 2 saturated carbocycles. The van der Waals surface area contributed by atoms with E-state index in [1.165, 1.54) is 6.42 Å². The molecule has 8 nitrogen and oxygen atoms in total. The third-order valence-electron chi connectivity index (χ3n) is 8.38. The number of carbonyl (C=O) groups excluding carboxylic acids is 1. The van der Waals surface area contributed by atoms with Crippen molar-refractivity contribution in [2.24, 2.45) is 24.8 Å². The quantitative estimate of drug-likeness (QED) is 0.498. The lowest BCUT2D eigenvalue weighted by atomic mass is 9.53. The van der Waals surface area contributed by atoms with E-state index in [9.17, 15) is 9.90 Å². The van der Waals surface area contributed by atoms with E-state index in [0.29, 0.717) is 29.8 Å². The molecular formula is C26H27N5O3. The summed E-state index contributed by atoms with van der Waals surface area (Å²) < 4.78 is 9.73. The average molecular weight is 458 g/mol. The molecule has 1 unspecified atom stereocenters. The second kappa shape index (κ2) is 7.06. The summed E-state index contributed by atoms with van der Waals surface area (Å²) in [4.78, 5) is 25.1. The molecule has 0 radical (unpaired) electrons. The maximum absolute atomic E-state index is 13.5. The monoisotopic (exact) mass is 457 g/mol. The van der Waals surface area contributed by atoms with E-state index in [1.807, 2.05) is 46.5 Å². The first-order valence-electron chi connectivity index (χ1n) is 12.0. The van der Waals surface area contributed by atoms with Gasteiger partial charge in [-0.1, -0.05) is 0 Å². The Bertz CT molecular complexity index is 1470. The molecule has 7 rings (SSSR count). The van der Waals surface area contributed by atoms with Crippen molar-refractivity contribution in [1.29, 1.82) is 0 Å². The van der Waals surface area contributed by atoms with Crippen LogP contribution in [0, 0.1) is 17.8 Å². The third-order valence-corrected chi connectivity index (χ3v) is 8.38. The molecule has 34 heavy (non-hydrogen) atoms. The molecule has 1 aromatic carbocycles. The van der Waals surface area contributed by atoms with Crippen molar-refractivity contribution in [3.8, 4) is 17.3 Å². The lowest BCUT2D eigenvalue weighted by molar-refractivity contribution is -0.0204. The summed E-state index contributed by atoms with van der Waals surface area (Å²) in [5.41, 5.74) is 3.88. The number of benzene rings is 1. The second-order valence-electron chi connectivity index (χ2n) is 9.96. The number of likely N-dealkylation sites (tertiary alicyclic amines) is 1. The Kier molecular flexibility index (Phi) is 4.16. The first-order valence-corrected chi connectivity index (χ1v) is 12.0. The average Bonchev–Trinajstić information content (AvgIpc) is 3.36. The molecule has 8 heteroatoms. The van der Waals surface area contributed by atoms with Gasteiger partial charge in [0.25, 0.3) is 5.91 Å². The van der Waals surface area contributed by atoms with E-state index in [2.05, 4.69) is 9.88 Å². The molecule has 4 heterocycles. The van der Waals surface area contributed by atoms with E-state index in [0.717, 1.165) is 58.4 Å². The van der Waals surface area contributed by atoms with Gasteiger partial charge in [-0.05, 0) is 60.9 Å². The van der Waals surface area contributed by atoms with Crippen LogP contribution in [0.2, 0.25) is 0 Å². The van der Waals surface area contributed by atoms with Gasteiger partial charge in [-0.25, -0.2) is 9.97 Å². The second-order valence-corrected chi connectivity index (χ2v) is 9.96. The summed E-state index contributed by atoms with van der Waals surface area (Å²) in [5.74, 6) is 3.75. The number of amides is 1. The van der Waals surface area contributed by atoms with Crippen LogP contribution in [-0.2, 0) is 13.6 Å². The number of aryl methyl sites for hydroxylation is 1. The van der Waals surface area contributed by atoms with Gasteiger partial charge < -0.3 is 23.9 Å². The van der Waals surface area contributed by atoms with Gasteiger partial charge in [0, 0.05) is 43.3 Å². The fraction of sp³-hybridized carbons (Fsp3) is 0.423. The normalized spacial score (nSPS) is 24.9. The number of fused-ring (bicyclic) bond motifs is 2. The van der Waals surface area contributed by atoms with Crippen LogP contribution < -0.4 is 4.74 Å². The predicted molar refractivity (Wildman–Crippen MR) is 128 cm³/mol. The Labute approximate surface area is 196 Å². The number of ether oxygens (including phenoxy) is 1. The number of hydrogen-bond acceptors (Lipinski definition) is 5. The fourth-order valence-electron chi connectivity index (χ4n) is 6.78. The van der Waals surface area contributed by atoms with Crippen molar-refractivity contribution in [3.63, 3.8) is 0 Å². The maximum Gasteiger partial charge on any atom is 0.254 e. The van der Waals surface area contributed by atoms with Crippen LogP contribution in [0.1, 0.15) is 23.2 Å². The molecule has 4 aromatic rings. The van der Waals surface area contributed by atoms with Crippen LogP contribution in [0.3, 0.4) is 0 Å². The first-order chi connectivity index (χ1) is 16.6.